The van der Waals surface area contributed by atoms with Crippen LogP contribution in [0.5, 0.6) is 5.75 Å². The first kappa shape index (κ1) is 21.6. The smallest absolute Gasteiger partial charge is 0.406 e. The monoisotopic (exact) mass is 402 g/mol. The van der Waals surface area contributed by atoms with Crippen molar-refractivity contribution in [3.05, 3.63) is 30.2 Å². The van der Waals surface area contributed by atoms with E-state index in [1.165, 1.54) is 31.4 Å². The molecule has 0 radical (unpaired) electrons. The number of primary amides is 1. The van der Waals surface area contributed by atoms with Gasteiger partial charge in [-0.3, -0.25) is 9.69 Å². The van der Waals surface area contributed by atoms with E-state index in [2.05, 4.69) is 30.2 Å². The van der Waals surface area contributed by atoms with Crippen LogP contribution >= 0.6 is 0 Å². The maximum absolute atomic E-state index is 12.1. The van der Waals surface area contributed by atoms with Crippen LogP contribution < -0.4 is 10.5 Å². The number of rotatable bonds is 5. The molecular weight excluding hydrogens is 381 g/mol. The third-order valence-electron chi connectivity index (χ3n) is 3.88. The molecule has 1 saturated heterocycles. The molecule has 1 amide bonds. The zero-order valence-corrected chi connectivity index (χ0v) is 15.4. The van der Waals surface area contributed by atoms with Crippen LogP contribution in [0.15, 0.2) is 28.8 Å². The van der Waals surface area contributed by atoms with Crippen LogP contribution in [0, 0.1) is 0 Å². The van der Waals surface area contributed by atoms with Crippen LogP contribution in [0.2, 0.25) is 0 Å². The van der Waals surface area contributed by atoms with Crippen LogP contribution in [0.1, 0.15) is 24.8 Å². The number of aromatic nitrogens is 2. The van der Waals surface area contributed by atoms with Crippen molar-refractivity contribution in [2.24, 2.45) is 5.73 Å². The molecule has 1 aliphatic heterocycles. The van der Waals surface area contributed by atoms with Gasteiger partial charge in [0, 0.05) is 12.7 Å². The molecule has 0 saturated carbocycles. The van der Waals surface area contributed by atoms with Gasteiger partial charge in [0.05, 0.1) is 6.04 Å². The number of halogens is 3. The van der Waals surface area contributed by atoms with E-state index in [4.69, 9.17) is 4.52 Å². The molecule has 0 aliphatic carbocycles. The van der Waals surface area contributed by atoms with Gasteiger partial charge in [-0.1, -0.05) is 5.16 Å². The van der Waals surface area contributed by atoms with Crippen molar-refractivity contribution in [1.29, 1.82) is 0 Å². The third kappa shape index (κ3) is 6.50. The molecule has 1 fully saturated rings. The normalized spacial score (nSPS) is 17.1. The lowest BCUT2D eigenvalue weighted by molar-refractivity contribution is -0.274. The summed E-state index contributed by atoms with van der Waals surface area (Å²) in [6.07, 6.45) is -2.67. The van der Waals surface area contributed by atoms with E-state index in [-0.39, 0.29) is 18.4 Å². The predicted molar refractivity (Wildman–Crippen MR) is 92.1 cm³/mol. The average molecular weight is 402 g/mol. The average Bonchev–Trinajstić information content (AvgIpc) is 3.23. The predicted octanol–water partition coefficient (Wildman–Crippen LogP) is 2.52. The quantitative estimate of drug-likeness (QED) is 0.820. The van der Waals surface area contributed by atoms with Gasteiger partial charge in [-0.05, 0) is 50.7 Å². The summed E-state index contributed by atoms with van der Waals surface area (Å²) in [6, 6.07) is 5.48. The number of ether oxygens (including phenoxy) is 2. The van der Waals surface area contributed by atoms with Gasteiger partial charge in [0.1, 0.15) is 12.4 Å². The van der Waals surface area contributed by atoms with E-state index >= 15 is 0 Å². The van der Waals surface area contributed by atoms with E-state index in [1.807, 2.05) is 7.05 Å². The minimum absolute atomic E-state index is 0.0139. The van der Waals surface area contributed by atoms with E-state index in [9.17, 15) is 18.0 Å². The second-order valence-corrected chi connectivity index (χ2v) is 6.07. The Bertz CT molecular complexity index is 765. The molecule has 3 rings (SSSR count). The molecule has 0 bridgehead atoms. The van der Waals surface area contributed by atoms with Crippen LogP contribution in [0.3, 0.4) is 0 Å². The van der Waals surface area contributed by atoms with Crippen molar-refractivity contribution in [2.45, 2.75) is 25.2 Å². The summed E-state index contributed by atoms with van der Waals surface area (Å²) in [5, 5.41) is 3.89. The summed E-state index contributed by atoms with van der Waals surface area (Å²) in [5.74, 6) is 0.174. The summed E-state index contributed by atoms with van der Waals surface area (Å²) in [4.78, 5) is 16.2. The van der Waals surface area contributed by atoms with Gasteiger partial charge in [-0.15, -0.1) is 13.2 Å². The lowest BCUT2D eigenvalue weighted by atomic mass is 10.2. The van der Waals surface area contributed by atoms with Crippen molar-refractivity contribution in [1.82, 2.24) is 15.0 Å². The van der Waals surface area contributed by atoms with E-state index in [0.717, 1.165) is 19.4 Å². The lowest BCUT2D eigenvalue weighted by Gasteiger charge is -2.14. The fraction of sp³-hybridized carbons (Fsp3) is 0.471. The molecule has 1 aromatic carbocycles. The highest BCUT2D eigenvalue weighted by molar-refractivity contribution is 5.74. The molecule has 2 aromatic rings. The molecule has 2 N–H and O–H groups in total. The first-order valence-corrected chi connectivity index (χ1v) is 8.37. The topological polar surface area (TPSA) is 104 Å². The van der Waals surface area contributed by atoms with Crippen molar-refractivity contribution in [2.75, 3.05) is 27.3 Å². The molecule has 8 nitrogen and oxygen atoms in total. The van der Waals surface area contributed by atoms with Gasteiger partial charge < -0.3 is 19.7 Å². The first-order chi connectivity index (χ1) is 13.2. The van der Waals surface area contributed by atoms with Gasteiger partial charge in [0.25, 0.3) is 0 Å². The Kier molecular flexibility index (Phi) is 7.35. The summed E-state index contributed by atoms with van der Waals surface area (Å²) >= 11 is 0. The van der Waals surface area contributed by atoms with Crippen molar-refractivity contribution in [3.8, 4) is 17.1 Å². The first-order valence-electron chi connectivity index (χ1n) is 8.37. The van der Waals surface area contributed by atoms with Gasteiger partial charge in [0.2, 0.25) is 17.6 Å². The SMILES string of the molecule is CN1CCC[C@H]1c1nc(-c2ccc(OC(F)(F)F)cc2)no1.COCC(N)=O. The minimum atomic E-state index is -4.70. The fourth-order valence-corrected chi connectivity index (χ4v) is 2.66. The molecule has 1 aliphatic rings. The number of carbonyl (C=O) groups excluding carboxylic acids is 1. The van der Waals surface area contributed by atoms with Crippen molar-refractivity contribution < 1.29 is 32.0 Å². The van der Waals surface area contributed by atoms with Crippen LogP contribution in [-0.4, -0.2) is 54.6 Å². The van der Waals surface area contributed by atoms with Crippen LogP contribution in [-0.2, 0) is 9.53 Å². The number of hydrogen-bond acceptors (Lipinski definition) is 7. The van der Waals surface area contributed by atoms with Crippen molar-refractivity contribution in [3.63, 3.8) is 0 Å². The lowest BCUT2D eigenvalue weighted by Crippen LogP contribution is -2.17. The molecular formula is C17H21F3N4O4. The largest absolute Gasteiger partial charge is 0.573 e. The highest BCUT2D eigenvalue weighted by atomic mass is 19.4. The Morgan fingerprint density at radius 1 is 1.36 bits per heavy atom. The number of hydrogen-bond donors (Lipinski definition) is 1. The number of alkyl halides is 3. The molecule has 1 aromatic heterocycles. The highest BCUT2D eigenvalue weighted by Crippen LogP contribution is 2.31. The number of likely N-dealkylation sites (tertiary alicyclic amines) is 1. The van der Waals surface area contributed by atoms with Crippen molar-refractivity contribution >= 4 is 5.91 Å². The van der Waals surface area contributed by atoms with E-state index in [0.29, 0.717) is 17.3 Å². The van der Waals surface area contributed by atoms with Gasteiger partial charge >= 0.3 is 6.36 Å². The fourth-order valence-electron chi connectivity index (χ4n) is 2.66. The Hall–Kier alpha value is -2.66. The Labute approximate surface area is 159 Å². The summed E-state index contributed by atoms with van der Waals surface area (Å²) in [5.41, 5.74) is 5.21. The molecule has 28 heavy (non-hydrogen) atoms. The Morgan fingerprint density at radius 2 is 2.04 bits per heavy atom. The van der Waals surface area contributed by atoms with Gasteiger partial charge in [-0.2, -0.15) is 4.98 Å². The summed E-state index contributed by atoms with van der Waals surface area (Å²) in [6.45, 7) is 0.992. The Balaban J connectivity index is 0.000000409. The number of benzene rings is 1. The third-order valence-corrected chi connectivity index (χ3v) is 3.88. The second kappa shape index (κ2) is 9.51. The number of nitrogens with two attached hydrogens (primary N) is 1. The molecule has 1 atom stereocenters. The Morgan fingerprint density at radius 3 is 2.50 bits per heavy atom. The standard InChI is InChI=1S/C14H14F3N3O2.C3H7NO2/c1-20-8-2-3-11(20)13-18-12(19-22-13)9-4-6-10(7-5-9)21-14(15,16)17;1-6-2-3(4)5/h4-7,11H,2-3,8H2,1H3;2H2,1H3,(H2,4,5)/t11-;/m0./s1. The molecule has 154 valence electrons. The van der Waals surface area contributed by atoms with Crippen LogP contribution in [0.25, 0.3) is 11.4 Å². The number of amides is 1. The maximum Gasteiger partial charge on any atom is 0.573 e. The zero-order chi connectivity index (χ0) is 20.7. The van der Waals surface area contributed by atoms with Gasteiger partial charge in [0.15, 0.2) is 0 Å². The van der Waals surface area contributed by atoms with Crippen LogP contribution in [0.4, 0.5) is 13.2 Å². The molecule has 0 unspecified atom stereocenters. The highest BCUT2D eigenvalue weighted by Gasteiger charge is 2.31. The second-order valence-electron chi connectivity index (χ2n) is 6.07. The molecule has 0 spiro atoms. The number of methoxy groups -OCH3 is 1. The van der Waals surface area contributed by atoms with Gasteiger partial charge in [-0.25, -0.2) is 0 Å². The molecule has 11 heteroatoms. The summed E-state index contributed by atoms with van der Waals surface area (Å²) < 4.78 is 49.8. The van der Waals surface area contributed by atoms with E-state index < -0.39 is 12.3 Å². The zero-order valence-electron chi connectivity index (χ0n) is 15.4. The number of carbonyl (C=O) groups is 1. The maximum atomic E-state index is 12.1. The molecule has 2 heterocycles. The van der Waals surface area contributed by atoms with E-state index in [1.54, 1.807) is 0 Å². The minimum Gasteiger partial charge on any atom is -0.406 e. The number of nitrogens with zero attached hydrogens (tertiary/aromatic N) is 3. The summed E-state index contributed by atoms with van der Waals surface area (Å²) in [7, 11) is 3.41.